The highest BCUT2D eigenvalue weighted by Gasteiger charge is 2.35. The van der Waals surface area contributed by atoms with Crippen LogP contribution in [0.5, 0.6) is 0 Å². The molecule has 3 N–H and O–H groups in total. The quantitative estimate of drug-likeness (QED) is 0.634. The Balaban J connectivity index is 1.91. The Morgan fingerprint density at radius 1 is 1.42 bits per heavy atom. The van der Waals surface area contributed by atoms with E-state index in [1.54, 1.807) is 6.20 Å². The summed E-state index contributed by atoms with van der Waals surface area (Å²) in [6, 6.07) is 0.362. The minimum Gasteiger partial charge on any atom is -0.374 e. The first-order chi connectivity index (χ1) is 9.29. The fourth-order valence-corrected chi connectivity index (χ4v) is 3.19. The van der Waals surface area contributed by atoms with Gasteiger partial charge >= 0.3 is 0 Å². The summed E-state index contributed by atoms with van der Waals surface area (Å²) < 4.78 is 5.86. The summed E-state index contributed by atoms with van der Waals surface area (Å²) in [5.74, 6) is 6.51. The number of rotatable bonds is 2. The molecule has 0 radical (unpaired) electrons. The number of hydrogen-bond acceptors (Lipinski definition) is 6. The van der Waals surface area contributed by atoms with Gasteiger partial charge in [0, 0.05) is 6.54 Å². The van der Waals surface area contributed by atoms with Gasteiger partial charge in [-0.25, -0.2) is 10.8 Å². The van der Waals surface area contributed by atoms with Crippen LogP contribution in [0.3, 0.4) is 0 Å². The van der Waals surface area contributed by atoms with Crippen LogP contribution in [0.1, 0.15) is 25.7 Å². The first-order valence-corrected chi connectivity index (χ1v) is 7.05. The fraction of sp³-hybridized carbons (Fsp3) is 0.667. The van der Waals surface area contributed by atoms with Crippen LogP contribution in [0, 0.1) is 0 Å². The van der Waals surface area contributed by atoms with E-state index in [0.717, 1.165) is 25.2 Å². The van der Waals surface area contributed by atoms with Crippen molar-refractivity contribution in [1.29, 1.82) is 0 Å². The standard InChI is InChI=1S/C12H18ClN5O/c13-8-7-15-12(17-14)16-11(8)18-5-6-19-10-4-2-1-3-9(10)18/h7,9-10H,1-6,14H2,(H,15,16,17). The number of halogens is 1. The van der Waals surface area contributed by atoms with E-state index in [1.807, 2.05) is 0 Å². The molecule has 0 aromatic carbocycles. The number of aromatic nitrogens is 2. The number of morpholine rings is 1. The molecule has 2 heterocycles. The van der Waals surface area contributed by atoms with E-state index in [2.05, 4.69) is 20.3 Å². The van der Waals surface area contributed by atoms with Crippen LogP contribution in [0.4, 0.5) is 11.8 Å². The summed E-state index contributed by atoms with van der Waals surface area (Å²) in [7, 11) is 0. The average Bonchev–Trinajstić information content (AvgIpc) is 2.47. The zero-order valence-corrected chi connectivity index (χ0v) is 11.4. The van der Waals surface area contributed by atoms with Crippen LogP contribution in [-0.2, 0) is 4.74 Å². The highest BCUT2D eigenvalue weighted by molar-refractivity contribution is 6.32. The van der Waals surface area contributed by atoms with Crippen LogP contribution in [0.15, 0.2) is 6.20 Å². The second-order valence-corrected chi connectivity index (χ2v) is 5.37. The van der Waals surface area contributed by atoms with E-state index in [4.69, 9.17) is 22.2 Å². The van der Waals surface area contributed by atoms with E-state index in [9.17, 15) is 0 Å². The lowest BCUT2D eigenvalue weighted by Crippen LogP contribution is -2.53. The molecule has 3 rings (SSSR count). The predicted octanol–water partition coefficient (Wildman–Crippen LogP) is 1.56. The molecule has 1 aromatic rings. The zero-order chi connectivity index (χ0) is 13.2. The Hall–Kier alpha value is -1.11. The van der Waals surface area contributed by atoms with Gasteiger partial charge in [0.05, 0.1) is 24.9 Å². The zero-order valence-electron chi connectivity index (χ0n) is 10.7. The van der Waals surface area contributed by atoms with Crippen molar-refractivity contribution in [3.05, 3.63) is 11.2 Å². The fourth-order valence-electron chi connectivity index (χ4n) is 2.99. The molecule has 2 atom stereocenters. The molecule has 2 unspecified atom stereocenters. The molecule has 1 saturated carbocycles. The van der Waals surface area contributed by atoms with Crippen molar-refractivity contribution in [3.63, 3.8) is 0 Å². The summed E-state index contributed by atoms with van der Waals surface area (Å²) in [5, 5.41) is 0.560. The average molecular weight is 284 g/mol. The van der Waals surface area contributed by atoms with Gasteiger partial charge in [-0.05, 0) is 12.8 Å². The summed E-state index contributed by atoms with van der Waals surface area (Å²) in [4.78, 5) is 10.7. The number of hydrogen-bond donors (Lipinski definition) is 2. The minimum absolute atomic E-state index is 0.294. The molecule has 1 saturated heterocycles. The van der Waals surface area contributed by atoms with Gasteiger partial charge < -0.3 is 9.64 Å². The summed E-state index contributed by atoms with van der Waals surface area (Å²) >= 11 is 6.24. The monoisotopic (exact) mass is 283 g/mol. The van der Waals surface area contributed by atoms with Crippen LogP contribution < -0.4 is 16.2 Å². The molecular weight excluding hydrogens is 266 g/mol. The van der Waals surface area contributed by atoms with Gasteiger partial charge in [-0.15, -0.1) is 0 Å². The maximum atomic E-state index is 6.24. The summed E-state index contributed by atoms with van der Waals surface area (Å²) in [6.45, 7) is 1.52. The predicted molar refractivity (Wildman–Crippen MR) is 74.2 cm³/mol. The minimum atomic E-state index is 0.294. The maximum absolute atomic E-state index is 6.24. The summed E-state index contributed by atoms with van der Waals surface area (Å²) in [6.07, 6.45) is 6.59. The lowest BCUT2D eigenvalue weighted by molar-refractivity contribution is -0.00897. The Bertz CT molecular complexity index is 456. The highest BCUT2D eigenvalue weighted by atomic mass is 35.5. The van der Waals surface area contributed by atoms with E-state index in [0.29, 0.717) is 29.7 Å². The van der Waals surface area contributed by atoms with Gasteiger partial charge in [0.25, 0.3) is 0 Å². The second kappa shape index (κ2) is 5.48. The van der Waals surface area contributed by atoms with Crippen molar-refractivity contribution in [2.75, 3.05) is 23.5 Å². The van der Waals surface area contributed by atoms with Crippen molar-refractivity contribution in [2.45, 2.75) is 37.8 Å². The lowest BCUT2D eigenvalue weighted by Gasteiger charge is -2.44. The van der Waals surface area contributed by atoms with Crippen molar-refractivity contribution in [1.82, 2.24) is 9.97 Å². The Labute approximate surface area is 117 Å². The van der Waals surface area contributed by atoms with Crippen LogP contribution in [-0.4, -0.2) is 35.3 Å². The van der Waals surface area contributed by atoms with Crippen molar-refractivity contribution >= 4 is 23.4 Å². The van der Waals surface area contributed by atoms with E-state index in [-0.39, 0.29) is 0 Å². The smallest absolute Gasteiger partial charge is 0.239 e. The third-order valence-electron chi connectivity index (χ3n) is 3.86. The molecule has 19 heavy (non-hydrogen) atoms. The first-order valence-electron chi connectivity index (χ1n) is 6.67. The molecule has 0 amide bonds. The maximum Gasteiger partial charge on any atom is 0.239 e. The molecule has 0 spiro atoms. The van der Waals surface area contributed by atoms with Gasteiger partial charge in [-0.3, -0.25) is 5.43 Å². The third-order valence-corrected chi connectivity index (χ3v) is 4.13. The normalized spacial score (nSPS) is 26.9. The van der Waals surface area contributed by atoms with Gasteiger partial charge in [0.2, 0.25) is 5.95 Å². The number of anilines is 2. The van der Waals surface area contributed by atoms with Crippen LogP contribution >= 0.6 is 11.6 Å². The first kappa shape index (κ1) is 12.9. The number of hydrazine groups is 1. The number of nitrogen functional groups attached to an aromatic ring is 1. The molecule has 1 aromatic heterocycles. The summed E-state index contributed by atoms with van der Waals surface area (Å²) in [5.41, 5.74) is 2.47. The molecule has 7 heteroatoms. The number of nitrogens with two attached hydrogens (primary N) is 1. The number of nitrogens with one attached hydrogen (secondary N) is 1. The molecule has 2 aliphatic rings. The van der Waals surface area contributed by atoms with Gasteiger partial charge in [-0.1, -0.05) is 24.4 Å². The molecule has 2 fully saturated rings. The second-order valence-electron chi connectivity index (χ2n) is 4.96. The third kappa shape index (κ3) is 2.48. The van der Waals surface area contributed by atoms with Gasteiger partial charge in [-0.2, -0.15) is 4.98 Å². The van der Waals surface area contributed by atoms with E-state index < -0.39 is 0 Å². The van der Waals surface area contributed by atoms with Crippen LogP contribution in [0.25, 0.3) is 0 Å². The topological polar surface area (TPSA) is 76.3 Å². The largest absolute Gasteiger partial charge is 0.374 e. The van der Waals surface area contributed by atoms with E-state index >= 15 is 0 Å². The van der Waals surface area contributed by atoms with Crippen molar-refractivity contribution in [3.8, 4) is 0 Å². The van der Waals surface area contributed by atoms with Gasteiger partial charge in [0.15, 0.2) is 5.82 Å². The number of fused-ring (bicyclic) bond motifs is 1. The van der Waals surface area contributed by atoms with E-state index in [1.165, 1.54) is 12.8 Å². The number of nitrogens with zero attached hydrogens (tertiary/aromatic N) is 3. The van der Waals surface area contributed by atoms with Crippen molar-refractivity contribution < 1.29 is 4.74 Å². The number of ether oxygens (including phenoxy) is 1. The molecule has 6 nitrogen and oxygen atoms in total. The van der Waals surface area contributed by atoms with Crippen LogP contribution in [0.2, 0.25) is 5.02 Å². The molecule has 104 valence electrons. The molecule has 1 aliphatic carbocycles. The lowest BCUT2D eigenvalue weighted by atomic mass is 9.90. The SMILES string of the molecule is NNc1ncc(Cl)c(N2CCOC3CCCCC32)n1. The highest BCUT2D eigenvalue weighted by Crippen LogP contribution is 2.34. The molecular formula is C12H18ClN5O. The Kier molecular flexibility index (Phi) is 3.72. The Morgan fingerprint density at radius 3 is 3.11 bits per heavy atom. The van der Waals surface area contributed by atoms with Gasteiger partial charge in [0.1, 0.15) is 5.02 Å². The molecule has 1 aliphatic heterocycles. The van der Waals surface area contributed by atoms with Crippen molar-refractivity contribution in [2.24, 2.45) is 5.84 Å². The molecule has 0 bridgehead atoms. The Morgan fingerprint density at radius 2 is 2.26 bits per heavy atom.